The van der Waals surface area contributed by atoms with Gasteiger partial charge in [0, 0.05) is 26.4 Å². The van der Waals surface area contributed by atoms with Crippen molar-refractivity contribution >= 4 is 0 Å². The summed E-state index contributed by atoms with van der Waals surface area (Å²) in [6, 6.07) is 0. The molecule has 0 aliphatic carbocycles. The van der Waals surface area contributed by atoms with Crippen LogP contribution in [0.2, 0.25) is 0 Å². The summed E-state index contributed by atoms with van der Waals surface area (Å²) in [5.41, 5.74) is 0. The fraction of sp³-hybridized carbons (Fsp3) is 0.200. The lowest BCUT2D eigenvalue weighted by Crippen LogP contribution is -1.86. The van der Waals surface area contributed by atoms with Crippen molar-refractivity contribution in [3.8, 4) is 0 Å². The first kappa shape index (κ1) is 4.37. The third-order valence-electron chi connectivity index (χ3n) is 0.921. The molecule has 0 amide bonds. The van der Waals surface area contributed by atoms with Gasteiger partial charge in [-0.25, -0.2) is 4.98 Å². The first-order valence-corrected chi connectivity index (χ1v) is 2.10. The molecule has 0 unspecified atom stereocenters. The Morgan fingerprint density at radius 1 is 1.86 bits per heavy atom. The summed E-state index contributed by atoms with van der Waals surface area (Å²) in [4.78, 5) is 3.87. The molecule has 0 N–H and O–H groups in total. The Morgan fingerprint density at radius 2 is 2.57 bits per heavy atom. The van der Waals surface area contributed by atoms with Crippen LogP contribution in [0.4, 0.5) is 0 Å². The van der Waals surface area contributed by atoms with Crippen LogP contribution in [0.25, 0.3) is 0 Å². The molecule has 7 heavy (non-hydrogen) atoms. The summed E-state index contributed by atoms with van der Waals surface area (Å²) in [6.45, 7) is 3.63. The molecule has 37 valence electrons. The van der Waals surface area contributed by atoms with Crippen LogP contribution in [0, 0.1) is 6.92 Å². The molecule has 0 aliphatic heterocycles. The Labute approximate surface area is 42.8 Å². The van der Waals surface area contributed by atoms with Gasteiger partial charge in [-0.15, -0.1) is 0 Å². The van der Waals surface area contributed by atoms with Gasteiger partial charge in [-0.3, -0.25) is 0 Å². The molecule has 1 aromatic rings. The molecule has 1 aromatic heterocycles. The fourth-order valence-corrected chi connectivity index (χ4v) is 0.396. The first-order valence-electron chi connectivity index (χ1n) is 2.10. The second-order valence-electron chi connectivity index (χ2n) is 1.45. The van der Waals surface area contributed by atoms with E-state index in [2.05, 4.69) is 11.9 Å². The Balaban J connectivity index is 3.12. The van der Waals surface area contributed by atoms with E-state index in [-0.39, 0.29) is 0 Å². The highest BCUT2D eigenvalue weighted by atomic mass is 15.0. The van der Waals surface area contributed by atoms with Gasteiger partial charge in [0.2, 0.25) is 0 Å². The molecule has 1 radical (unpaired) electrons. The van der Waals surface area contributed by atoms with E-state index in [1.807, 2.05) is 17.8 Å². The third kappa shape index (κ3) is 0.633. The number of hydrogen-bond acceptors (Lipinski definition) is 1. The number of hydrogen-bond donors (Lipinski definition) is 0. The maximum absolute atomic E-state index is 3.87. The minimum Gasteiger partial charge on any atom is -0.338 e. The number of aromatic nitrogens is 2. The van der Waals surface area contributed by atoms with E-state index in [4.69, 9.17) is 0 Å². The molecule has 1 heterocycles. The summed E-state index contributed by atoms with van der Waals surface area (Å²) in [6.07, 6.45) is 3.59. The van der Waals surface area contributed by atoms with Gasteiger partial charge in [-0.05, 0) is 0 Å². The molecule has 2 nitrogen and oxygen atoms in total. The van der Waals surface area contributed by atoms with Gasteiger partial charge in [-0.1, -0.05) is 0 Å². The molecule has 0 aliphatic rings. The SMILES string of the molecule is [CH2]c1nccn1C. The standard InChI is InChI=1S/C5H7N2/c1-5-6-3-4-7(5)2/h3-4H,1H2,2H3. The van der Waals surface area contributed by atoms with Crippen molar-refractivity contribution in [2.24, 2.45) is 7.05 Å². The lowest BCUT2D eigenvalue weighted by Gasteiger charge is -1.87. The van der Waals surface area contributed by atoms with Gasteiger partial charge in [-0.2, -0.15) is 0 Å². The smallest absolute Gasteiger partial charge is 0.108 e. The van der Waals surface area contributed by atoms with Gasteiger partial charge in [0.25, 0.3) is 0 Å². The molecular weight excluding hydrogens is 88.1 g/mol. The summed E-state index contributed by atoms with van der Waals surface area (Å²) in [5.74, 6) is 0.806. The highest BCUT2D eigenvalue weighted by Crippen LogP contribution is 1.86. The molecule has 0 bridgehead atoms. The highest BCUT2D eigenvalue weighted by Gasteiger charge is 1.84. The summed E-state index contributed by atoms with van der Waals surface area (Å²) in [7, 11) is 1.91. The van der Waals surface area contributed by atoms with Crippen molar-refractivity contribution in [2.75, 3.05) is 0 Å². The highest BCUT2D eigenvalue weighted by molar-refractivity contribution is 4.93. The van der Waals surface area contributed by atoms with Crippen LogP contribution in [0.1, 0.15) is 5.82 Å². The van der Waals surface area contributed by atoms with Crippen LogP contribution in [0.3, 0.4) is 0 Å². The topological polar surface area (TPSA) is 17.8 Å². The van der Waals surface area contributed by atoms with E-state index in [1.165, 1.54) is 0 Å². The molecule has 0 saturated carbocycles. The van der Waals surface area contributed by atoms with Crippen molar-refractivity contribution < 1.29 is 0 Å². The largest absolute Gasteiger partial charge is 0.338 e. The van der Waals surface area contributed by atoms with E-state index >= 15 is 0 Å². The van der Waals surface area contributed by atoms with E-state index in [0.29, 0.717) is 0 Å². The van der Waals surface area contributed by atoms with E-state index in [0.717, 1.165) is 5.82 Å². The van der Waals surface area contributed by atoms with Crippen LogP contribution < -0.4 is 0 Å². The number of rotatable bonds is 0. The zero-order chi connectivity index (χ0) is 5.28. The second-order valence-corrected chi connectivity index (χ2v) is 1.45. The second kappa shape index (κ2) is 1.37. The quantitative estimate of drug-likeness (QED) is 0.461. The summed E-state index contributed by atoms with van der Waals surface area (Å²) >= 11 is 0. The zero-order valence-electron chi connectivity index (χ0n) is 4.26. The van der Waals surface area contributed by atoms with Crippen molar-refractivity contribution in [3.63, 3.8) is 0 Å². The Morgan fingerprint density at radius 3 is 2.71 bits per heavy atom. The fourth-order valence-electron chi connectivity index (χ4n) is 0.396. The average Bonchev–Trinajstić information content (AvgIpc) is 1.91. The third-order valence-corrected chi connectivity index (χ3v) is 0.921. The molecule has 1 rings (SSSR count). The Bertz CT molecular complexity index is 138. The Hall–Kier alpha value is -0.790. The minimum absolute atomic E-state index is 0.806. The summed E-state index contributed by atoms with van der Waals surface area (Å²) < 4.78 is 1.86. The molecule has 0 atom stereocenters. The van der Waals surface area contributed by atoms with Crippen LogP contribution in [0.5, 0.6) is 0 Å². The normalized spacial score (nSPS) is 9.43. The molecule has 0 saturated heterocycles. The van der Waals surface area contributed by atoms with Crippen molar-refractivity contribution in [1.29, 1.82) is 0 Å². The van der Waals surface area contributed by atoms with Gasteiger partial charge >= 0.3 is 0 Å². The monoisotopic (exact) mass is 95.1 g/mol. The van der Waals surface area contributed by atoms with Crippen LogP contribution in [-0.4, -0.2) is 9.55 Å². The number of imidazole rings is 1. The van der Waals surface area contributed by atoms with E-state index < -0.39 is 0 Å². The predicted molar refractivity (Wildman–Crippen MR) is 27.7 cm³/mol. The van der Waals surface area contributed by atoms with Crippen molar-refractivity contribution in [1.82, 2.24) is 9.55 Å². The molecule has 2 heteroatoms. The maximum atomic E-state index is 3.87. The molecule has 0 fully saturated rings. The van der Waals surface area contributed by atoms with Crippen molar-refractivity contribution in [2.45, 2.75) is 0 Å². The van der Waals surface area contributed by atoms with Gasteiger partial charge in [0.15, 0.2) is 0 Å². The average molecular weight is 95.1 g/mol. The van der Waals surface area contributed by atoms with Crippen molar-refractivity contribution in [3.05, 3.63) is 25.1 Å². The molecule has 0 aromatic carbocycles. The lowest BCUT2D eigenvalue weighted by atomic mass is 10.7. The summed E-state index contributed by atoms with van der Waals surface area (Å²) in [5, 5.41) is 0. The van der Waals surface area contributed by atoms with Crippen LogP contribution in [0.15, 0.2) is 12.4 Å². The van der Waals surface area contributed by atoms with E-state index in [1.54, 1.807) is 6.20 Å². The minimum atomic E-state index is 0.806. The first-order chi connectivity index (χ1) is 3.30. The molecular formula is C5H7N2. The van der Waals surface area contributed by atoms with Crippen LogP contribution >= 0.6 is 0 Å². The van der Waals surface area contributed by atoms with Gasteiger partial charge in [0.1, 0.15) is 5.82 Å². The predicted octanol–water partition coefficient (Wildman–Crippen LogP) is 0.602. The van der Waals surface area contributed by atoms with Gasteiger partial charge < -0.3 is 4.57 Å². The zero-order valence-corrected chi connectivity index (χ0v) is 4.26. The molecule has 0 spiro atoms. The van der Waals surface area contributed by atoms with E-state index in [9.17, 15) is 0 Å². The maximum Gasteiger partial charge on any atom is 0.108 e. The Kier molecular flexibility index (Phi) is 0.855. The lowest BCUT2D eigenvalue weighted by molar-refractivity contribution is 0.885. The number of nitrogens with zero attached hydrogens (tertiary/aromatic N) is 2. The number of aryl methyl sites for hydroxylation is 1. The van der Waals surface area contributed by atoms with Gasteiger partial charge in [0.05, 0.1) is 0 Å². The van der Waals surface area contributed by atoms with Crippen LogP contribution in [-0.2, 0) is 7.05 Å².